The normalized spacial score (nSPS) is 11.9. The maximum absolute atomic E-state index is 11.4. The highest BCUT2D eigenvalue weighted by Gasteiger charge is 2.18. The van der Waals surface area contributed by atoms with Gasteiger partial charge >= 0.3 is 5.97 Å². The Bertz CT molecular complexity index is 584. The monoisotopic (exact) mass is 286 g/mol. The lowest BCUT2D eigenvalue weighted by Crippen LogP contribution is -2.28. The van der Waals surface area contributed by atoms with Gasteiger partial charge in [0.2, 0.25) is 5.95 Å². The first kappa shape index (κ1) is 14.9. The maximum Gasteiger partial charge on any atom is 0.325 e. The van der Waals surface area contributed by atoms with Crippen molar-refractivity contribution in [1.82, 2.24) is 15.3 Å². The Morgan fingerprint density at radius 1 is 1.24 bits per heavy atom. The number of anilines is 1. The Morgan fingerprint density at radius 2 is 1.86 bits per heavy atom. The number of carboxylic acid groups (broad SMARTS) is 1. The second kappa shape index (κ2) is 6.81. The zero-order valence-electron chi connectivity index (χ0n) is 12.0. The largest absolute Gasteiger partial charge is 0.480 e. The molecule has 1 aromatic heterocycles. The average molecular weight is 286 g/mol. The van der Waals surface area contributed by atoms with Crippen molar-refractivity contribution in [3.05, 3.63) is 53.9 Å². The van der Waals surface area contributed by atoms with Gasteiger partial charge in [-0.05, 0) is 5.56 Å². The summed E-state index contributed by atoms with van der Waals surface area (Å²) in [5.41, 5.74) is 1.55. The van der Waals surface area contributed by atoms with Crippen LogP contribution in [0.4, 0.5) is 5.95 Å². The van der Waals surface area contributed by atoms with E-state index in [0.29, 0.717) is 12.5 Å². The lowest BCUT2D eigenvalue weighted by Gasteiger charge is -2.15. The predicted molar refractivity (Wildman–Crippen MR) is 80.0 cm³/mol. The number of rotatable bonds is 6. The van der Waals surface area contributed by atoms with Gasteiger partial charge in [0.05, 0.1) is 0 Å². The molecule has 0 aliphatic heterocycles. The van der Waals surface area contributed by atoms with Crippen LogP contribution in [0.2, 0.25) is 0 Å². The van der Waals surface area contributed by atoms with Crippen molar-refractivity contribution in [1.29, 1.82) is 0 Å². The summed E-state index contributed by atoms with van der Waals surface area (Å²) in [6, 6.07) is 8.33. The fourth-order valence-electron chi connectivity index (χ4n) is 1.88. The van der Waals surface area contributed by atoms with Crippen molar-refractivity contribution in [2.45, 2.75) is 12.6 Å². The van der Waals surface area contributed by atoms with Crippen LogP contribution in [-0.2, 0) is 11.3 Å². The van der Waals surface area contributed by atoms with Crippen LogP contribution in [0.25, 0.3) is 0 Å². The number of benzene rings is 1. The first-order chi connectivity index (χ1) is 10.1. The molecule has 1 heterocycles. The smallest absolute Gasteiger partial charge is 0.325 e. The van der Waals surface area contributed by atoms with Crippen LogP contribution in [0.15, 0.2) is 42.7 Å². The molecule has 2 N–H and O–H groups in total. The molecule has 21 heavy (non-hydrogen) atoms. The molecule has 2 aromatic rings. The second-order valence-electron chi connectivity index (χ2n) is 4.85. The average Bonchev–Trinajstić information content (AvgIpc) is 2.48. The van der Waals surface area contributed by atoms with E-state index in [1.165, 1.54) is 0 Å². The number of nitrogens with one attached hydrogen (secondary N) is 1. The summed E-state index contributed by atoms with van der Waals surface area (Å²) >= 11 is 0. The van der Waals surface area contributed by atoms with Crippen LogP contribution >= 0.6 is 0 Å². The van der Waals surface area contributed by atoms with E-state index in [9.17, 15) is 9.90 Å². The van der Waals surface area contributed by atoms with Crippen molar-refractivity contribution in [2.24, 2.45) is 0 Å². The Balaban J connectivity index is 2.04. The first-order valence-corrected chi connectivity index (χ1v) is 6.57. The molecule has 6 nitrogen and oxygen atoms in total. The van der Waals surface area contributed by atoms with Crippen LogP contribution in [0.3, 0.4) is 0 Å². The molecule has 0 saturated carbocycles. The van der Waals surface area contributed by atoms with Crippen molar-refractivity contribution in [2.75, 3.05) is 19.0 Å². The van der Waals surface area contributed by atoms with E-state index in [4.69, 9.17) is 0 Å². The van der Waals surface area contributed by atoms with Gasteiger partial charge in [-0.2, -0.15) is 0 Å². The molecule has 0 saturated heterocycles. The lowest BCUT2D eigenvalue weighted by molar-refractivity contribution is -0.139. The molecule has 2 rings (SSSR count). The molecule has 0 aliphatic rings. The Labute approximate surface area is 123 Å². The number of aliphatic carboxylic acids is 1. The van der Waals surface area contributed by atoms with Gasteiger partial charge < -0.3 is 10.0 Å². The molecule has 110 valence electrons. The quantitative estimate of drug-likeness (QED) is 0.837. The van der Waals surface area contributed by atoms with Gasteiger partial charge in [-0.25, -0.2) is 9.97 Å². The highest BCUT2D eigenvalue weighted by atomic mass is 16.4. The first-order valence-electron chi connectivity index (χ1n) is 6.57. The van der Waals surface area contributed by atoms with Gasteiger partial charge in [0.15, 0.2) is 0 Å². The van der Waals surface area contributed by atoms with Crippen LogP contribution in [-0.4, -0.2) is 35.1 Å². The maximum atomic E-state index is 11.4. The standard InChI is InChI=1S/C15H18N4O2/c1-19(2)15-17-9-11(10-18-15)8-16-13(14(20)21)12-6-4-3-5-7-12/h3-7,9-10,13,16H,8H2,1-2H3,(H,20,21)/t13-/m0/s1. The molecule has 0 radical (unpaired) electrons. The molecule has 6 heteroatoms. The van der Waals surface area contributed by atoms with Crippen LogP contribution in [0.1, 0.15) is 17.2 Å². The Morgan fingerprint density at radius 3 is 2.38 bits per heavy atom. The third-order valence-electron chi connectivity index (χ3n) is 2.98. The molecular formula is C15H18N4O2. The van der Waals surface area contributed by atoms with Gasteiger partial charge in [-0.15, -0.1) is 0 Å². The van der Waals surface area contributed by atoms with Gasteiger partial charge in [0.1, 0.15) is 6.04 Å². The summed E-state index contributed by atoms with van der Waals surface area (Å²) in [6.07, 6.45) is 3.39. The fraction of sp³-hybridized carbons (Fsp3) is 0.267. The minimum atomic E-state index is -0.910. The summed E-state index contributed by atoms with van der Waals surface area (Å²) in [5.74, 6) is -0.288. The summed E-state index contributed by atoms with van der Waals surface area (Å²) in [5, 5.41) is 12.3. The van der Waals surface area contributed by atoms with E-state index < -0.39 is 12.0 Å². The zero-order valence-corrected chi connectivity index (χ0v) is 12.0. The highest BCUT2D eigenvalue weighted by Crippen LogP contribution is 2.13. The van der Waals surface area contributed by atoms with Crippen molar-refractivity contribution < 1.29 is 9.90 Å². The zero-order chi connectivity index (χ0) is 15.2. The third kappa shape index (κ3) is 4.00. The second-order valence-corrected chi connectivity index (χ2v) is 4.85. The number of nitrogens with zero attached hydrogens (tertiary/aromatic N) is 3. The Hall–Kier alpha value is -2.47. The number of aromatic nitrogens is 2. The number of carbonyl (C=O) groups is 1. The van der Waals surface area contributed by atoms with Crippen molar-refractivity contribution in [3.8, 4) is 0 Å². The number of hydrogen-bond donors (Lipinski definition) is 2. The molecule has 0 aliphatic carbocycles. The molecule has 0 bridgehead atoms. The lowest BCUT2D eigenvalue weighted by atomic mass is 10.1. The van der Waals surface area contributed by atoms with E-state index >= 15 is 0 Å². The molecule has 1 aromatic carbocycles. The molecule has 0 unspecified atom stereocenters. The predicted octanol–water partition coefficient (Wildman–Crippen LogP) is 1.46. The van der Waals surface area contributed by atoms with Gasteiger partial charge in [0.25, 0.3) is 0 Å². The van der Waals surface area contributed by atoms with Crippen LogP contribution in [0, 0.1) is 0 Å². The highest BCUT2D eigenvalue weighted by molar-refractivity contribution is 5.75. The summed E-state index contributed by atoms with van der Waals surface area (Å²) < 4.78 is 0. The number of carboxylic acids is 1. The minimum Gasteiger partial charge on any atom is -0.480 e. The Kier molecular flexibility index (Phi) is 4.84. The van der Waals surface area contributed by atoms with E-state index in [2.05, 4.69) is 15.3 Å². The molecule has 0 spiro atoms. The molecular weight excluding hydrogens is 268 g/mol. The van der Waals surface area contributed by atoms with E-state index in [1.807, 2.05) is 32.3 Å². The van der Waals surface area contributed by atoms with E-state index in [-0.39, 0.29) is 0 Å². The summed E-state index contributed by atoms with van der Waals surface area (Å²) in [6.45, 7) is 0.388. The van der Waals surface area contributed by atoms with Crippen LogP contribution < -0.4 is 10.2 Å². The molecule has 1 atom stereocenters. The van der Waals surface area contributed by atoms with E-state index in [0.717, 1.165) is 11.1 Å². The minimum absolute atomic E-state index is 0.388. The van der Waals surface area contributed by atoms with Gasteiger partial charge in [0, 0.05) is 38.6 Å². The fourth-order valence-corrected chi connectivity index (χ4v) is 1.88. The van der Waals surface area contributed by atoms with Gasteiger partial charge in [-0.1, -0.05) is 30.3 Å². The SMILES string of the molecule is CN(C)c1ncc(CN[C@H](C(=O)O)c2ccccc2)cn1. The summed E-state index contributed by atoms with van der Waals surface area (Å²) in [7, 11) is 3.73. The molecule has 0 fully saturated rings. The van der Waals surface area contributed by atoms with Crippen molar-refractivity contribution in [3.63, 3.8) is 0 Å². The molecule has 0 amide bonds. The van der Waals surface area contributed by atoms with E-state index in [1.54, 1.807) is 29.4 Å². The van der Waals surface area contributed by atoms with Crippen molar-refractivity contribution >= 4 is 11.9 Å². The summed E-state index contributed by atoms with van der Waals surface area (Å²) in [4.78, 5) is 21.6. The van der Waals surface area contributed by atoms with Gasteiger partial charge in [-0.3, -0.25) is 10.1 Å². The van der Waals surface area contributed by atoms with Crippen LogP contribution in [0.5, 0.6) is 0 Å². The topological polar surface area (TPSA) is 78.4 Å². The third-order valence-corrected chi connectivity index (χ3v) is 2.98. The number of hydrogen-bond acceptors (Lipinski definition) is 5.